The number of benzene rings is 2. The number of aldehydes is 1. The normalized spacial score (nSPS) is 10.9. The van der Waals surface area contributed by atoms with E-state index in [0.717, 1.165) is 12.1 Å². The summed E-state index contributed by atoms with van der Waals surface area (Å²) in [6, 6.07) is 9.22. The first-order valence-corrected chi connectivity index (χ1v) is 6.20. The molecule has 2 rings (SSSR count). The number of hydrogen-bond donors (Lipinski definition) is 0. The molecule has 0 bridgehead atoms. The number of alkyl halides is 3. The Balaban J connectivity index is 2.39. The second kappa shape index (κ2) is 5.90. The van der Waals surface area contributed by atoms with Gasteiger partial charge in [-0.3, -0.25) is 4.79 Å². The molecule has 0 atom stereocenters. The average molecular weight is 305 g/mol. The third-order valence-electron chi connectivity index (χ3n) is 2.98. The molecule has 2 aromatic carbocycles. The lowest BCUT2D eigenvalue weighted by molar-refractivity contribution is -0.137. The van der Waals surface area contributed by atoms with E-state index in [0.29, 0.717) is 23.2 Å². The van der Waals surface area contributed by atoms with Crippen LogP contribution in [0.25, 0.3) is 0 Å². The molecule has 0 fully saturated rings. The summed E-state index contributed by atoms with van der Waals surface area (Å²) >= 11 is 0. The average Bonchev–Trinajstić information content (AvgIpc) is 2.48. The molecule has 3 nitrogen and oxygen atoms in total. The van der Waals surface area contributed by atoms with E-state index in [1.165, 1.54) is 24.3 Å². The zero-order valence-corrected chi connectivity index (χ0v) is 11.4. The van der Waals surface area contributed by atoms with Crippen LogP contribution in [0.5, 0.6) is 11.5 Å². The van der Waals surface area contributed by atoms with Crippen LogP contribution in [0.4, 0.5) is 13.2 Å². The van der Waals surface area contributed by atoms with Crippen LogP contribution in [0.2, 0.25) is 0 Å². The molecule has 0 N–H and O–H groups in total. The predicted molar refractivity (Wildman–Crippen MR) is 72.8 cm³/mol. The van der Waals surface area contributed by atoms with Crippen LogP contribution < -0.4 is 4.74 Å². The Bertz CT molecular complexity index is 761. The van der Waals surface area contributed by atoms with Crippen molar-refractivity contribution in [3.63, 3.8) is 0 Å². The van der Waals surface area contributed by atoms with Gasteiger partial charge in [-0.25, -0.2) is 0 Å². The molecule has 2 aromatic rings. The fraction of sp³-hybridized carbons (Fsp3) is 0.125. The number of nitrogens with zero attached hydrogens (tertiary/aromatic N) is 1. The van der Waals surface area contributed by atoms with Crippen molar-refractivity contribution < 1.29 is 22.7 Å². The maximum Gasteiger partial charge on any atom is 0.417 e. The van der Waals surface area contributed by atoms with Crippen molar-refractivity contribution in [1.82, 2.24) is 0 Å². The number of rotatable bonds is 3. The molecule has 0 unspecified atom stereocenters. The van der Waals surface area contributed by atoms with Gasteiger partial charge in [0.2, 0.25) is 0 Å². The van der Waals surface area contributed by atoms with Gasteiger partial charge in [0.25, 0.3) is 0 Å². The van der Waals surface area contributed by atoms with E-state index in [2.05, 4.69) is 0 Å². The van der Waals surface area contributed by atoms with E-state index < -0.39 is 17.3 Å². The lowest BCUT2D eigenvalue weighted by atomic mass is 10.1. The smallest absolute Gasteiger partial charge is 0.417 e. The number of nitriles is 1. The Morgan fingerprint density at radius 2 is 1.91 bits per heavy atom. The molecule has 6 heteroatoms. The molecule has 0 amide bonds. The fourth-order valence-corrected chi connectivity index (χ4v) is 1.91. The Labute approximate surface area is 124 Å². The summed E-state index contributed by atoms with van der Waals surface area (Å²) in [5.74, 6) is 0.303. The minimum Gasteiger partial charge on any atom is -0.457 e. The van der Waals surface area contributed by atoms with Gasteiger partial charge in [0.05, 0.1) is 17.2 Å². The summed E-state index contributed by atoms with van der Waals surface area (Å²) in [6.07, 6.45) is -3.97. The Morgan fingerprint density at radius 1 is 1.18 bits per heavy atom. The topological polar surface area (TPSA) is 50.1 Å². The molecule has 0 aromatic heterocycles. The monoisotopic (exact) mass is 305 g/mol. The number of aryl methyl sites for hydroxylation is 1. The van der Waals surface area contributed by atoms with Crippen LogP contribution in [0, 0.1) is 18.3 Å². The van der Waals surface area contributed by atoms with E-state index in [1.54, 1.807) is 13.0 Å². The van der Waals surface area contributed by atoms with Crippen LogP contribution in [0.1, 0.15) is 27.0 Å². The number of ether oxygens (including phenoxy) is 1. The maximum absolute atomic E-state index is 12.9. The van der Waals surface area contributed by atoms with E-state index in [9.17, 15) is 18.0 Å². The third kappa shape index (κ3) is 3.26. The van der Waals surface area contributed by atoms with Gasteiger partial charge in [-0.2, -0.15) is 18.4 Å². The van der Waals surface area contributed by atoms with E-state index in [-0.39, 0.29) is 5.75 Å². The van der Waals surface area contributed by atoms with Crippen LogP contribution in [-0.4, -0.2) is 6.29 Å². The van der Waals surface area contributed by atoms with Crippen LogP contribution in [0.15, 0.2) is 36.4 Å². The highest BCUT2D eigenvalue weighted by molar-refractivity contribution is 5.75. The van der Waals surface area contributed by atoms with Gasteiger partial charge in [-0.15, -0.1) is 0 Å². The number of carbonyl (C=O) groups is 1. The summed E-state index contributed by atoms with van der Waals surface area (Å²) in [5, 5.41) is 8.74. The van der Waals surface area contributed by atoms with Crippen LogP contribution >= 0.6 is 0 Å². The Morgan fingerprint density at radius 3 is 2.45 bits per heavy atom. The number of halogens is 3. The predicted octanol–water partition coefficient (Wildman–Crippen LogP) is 4.49. The van der Waals surface area contributed by atoms with Crippen molar-refractivity contribution in [1.29, 1.82) is 5.26 Å². The standard InChI is InChI=1S/C16H10F3NO2/c1-10-6-11(9-21)2-5-15(10)22-13-4-3-12(8-20)14(7-13)16(17,18)19/h2-7,9H,1H3. The minimum absolute atomic E-state index is 0.0340. The second-order valence-electron chi connectivity index (χ2n) is 4.56. The summed E-state index contributed by atoms with van der Waals surface area (Å²) in [4.78, 5) is 10.7. The van der Waals surface area contributed by atoms with Gasteiger partial charge < -0.3 is 4.74 Å². The molecule has 0 aliphatic rings. The summed E-state index contributed by atoms with van der Waals surface area (Å²) in [6.45, 7) is 1.68. The molecule has 0 saturated carbocycles. The maximum atomic E-state index is 12.9. The first-order valence-electron chi connectivity index (χ1n) is 6.20. The van der Waals surface area contributed by atoms with Crippen molar-refractivity contribution in [3.05, 3.63) is 58.7 Å². The number of hydrogen-bond acceptors (Lipinski definition) is 3. The summed E-state index contributed by atoms with van der Waals surface area (Å²) < 4.78 is 44.1. The van der Waals surface area contributed by atoms with Crippen molar-refractivity contribution in [3.8, 4) is 17.6 Å². The summed E-state index contributed by atoms with van der Waals surface area (Å²) in [5.41, 5.74) is -0.453. The fourth-order valence-electron chi connectivity index (χ4n) is 1.91. The van der Waals surface area contributed by atoms with Crippen molar-refractivity contribution in [2.75, 3.05) is 0 Å². The zero-order chi connectivity index (χ0) is 16.3. The molecule has 0 saturated heterocycles. The largest absolute Gasteiger partial charge is 0.457 e. The second-order valence-corrected chi connectivity index (χ2v) is 4.56. The number of carbonyl (C=O) groups excluding carboxylic acids is 1. The Kier molecular flexibility index (Phi) is 4.18. The third-order valence-corrected chi connectivity index (χ3v) is 2.98. The Hall–Kier alpha value is -2.81. The van der Waals surface area contributed by atoms with E-state index >= 15 is 0 Å². The molecular formula is C16H10F3NO2. The quantitative estimate of drug-likeness (QED) is 0.785. The van der Waals surface area contributed by atoms with Crippen molar-refractivity contribution in [2.24, 2.45) is 0 Å². The van der Waals surface area contributed by atoms with E-state index in [1.807, 2.05) is 0 Å². The van der Waals surface area contributed by atoms with Crippen LogP contribution in [0.3, 0.4) is 0 Å². The molecule has 0 heterocycles. The first kappa shape index (κ1) is 15.6. The summed E-state index contributed by atoms with van der Waals surface area (Å²) in [7, 11) is 0. The van der Waals surface area contributed by atoms with Gasteiger partial charge in [-0.05, 0) is 48.9 Å². The van der Waals surface area contributed by atoms with Crippen molar-refractivity contribution >= 4 is 6.29 Å². The van der Waals surface area contributed by atoms with E-state index in [4.69, 9.17) is 10.00 Å². The highest BCUT2D eigenvalue weighted by atomic mass is 19.4. The minimum atomic E-state index is -4.64. The molecule has 0 radical (unpaired) electrons. The van der Waals surface area contributed by atoms with Gasteiger partial charge >= 0.3 is 6.18 Å². The van der Waals surface area contributed by atoms with Gasteiger partial charge in [-0.1, -0.05) is 0 Å². The molecule has 0 aliphatic carbocycles. The molecule has 0 spiro atoms. The molecule has 0 aliphatic heterocycles. The van der Waals surface area contributed by atoms with Gasteiger partial charge in [0, 0.05) is 5.56 Å². The highest BCUT2D eigenvalue weighted by Gasteiger charge is 2.34. The van der Waals surface area contributed by atoms with Gasteiger partial charge in [0.1, 0.15) is 17.8 Å². The first-order chi connectivity index (χ1) is 10.3. The van der Waals surface area contributed by atoms with Gasteiger partial charge in [0.15, 0.2) is 0 Å². The molecule has 112 valence electrons. The lowest BCUT2D eigenvalue weighted by Crippen LogP contribution is -2.08. The van der Waals surface area contributed by atoms with Crippen LogP contribution in [-0.2, 0) is 6.18 Å². The highest BCUT2D eigenvalue weighted by Crippen LogP contribution is 2.35. The lowest BCUT2D eigenvalue weighted by Gasteiger charge is -2.13. The molecule has 22 heavy (non-hydrogen) atoms. The van der Waals surface area contributed by atoms with Crippen molar-refractivity contribution in [2.45, 2.75) is 13.1 Å². The molecular weight excluding hydrogens is 295 g/mol. The SMILES string of the molecule is Cc1cc(C=O)ccc1Oc1ccc(C#N)c(C(F)(F)F)c1. The zero-order valence-electron chi connectivity index (χ0n) is 11.4.